The second kappa shape index (κ2) is 7.68. The van der Waals surface area contributed by atoms with Crippen LogP contribution >= 0.6 is 0 Å². The SMILES string of the molecule is CC(C)(C)OC(=O)NC[C@H](C(=O)O)N1CC(CN=[N+]=[N-])CC1=O. The smallest absolute Gasteiger partial charge is 0.407 e. The third-order valence-electron chi connectivity index (χ3n) is 3.14. The van der Waals surface area contributed by atoms with Gasteiger partial charge >= 0.3 is 12.1 Å². The van der Waals surface area contributed by atoms with E-state index in [1.54, 1.807) is 20.8 Å². The van der Waals surface area contributed by atoms with E-state index in [4.69, 9.17) is 10.3 Å². The number of hydrogen-bond donors (Lipinski definition) is 2. The van der Waals surface area contributed by atoms with Crippen molar-refractivity contribution in [2.75, 3.05) is 19.6 Å². The van der Waals surface area contributed by atoms with Crippen LogP contribution in [0.1, 0.15) is 27.2 Å². The highest BCUT2D eigenvalue weighted by atomic mass is 16.6. The molecule has 1 saturated heterocycles. The lowest BCUT2D eigenvalue weighted by molar-refractivity contribution is -0.148. The molecule has 2 atom stereocenters. The number of ether oxygens (including phenoxy) is 1. The van der Waals surface area contributed by atoms with Crippen LogP contribution < -0.4 is 5.32 Å². The van der Waals surface area contributed by atoms with Crippen LogP contribution in [-0.4, -0.2) is 59.3 Å². The van der Waals surface area contributed by atoms with E-state index in [0.717, 1.165) is 0 Å². The number of nitrogens with zero attached hydrogens (tertiary/aromatic N) is 4. The van der Waals surface area contributed by atoms with Gasteiger partial charge in [-0.1, -0.05) is 5.11 Å². The highest BCUT2D eigenvalue weighted by molar-refractivity contribution is 5.85. The van der Waals surface area contributed by atoms with Gasteiger partial charge in [-0.3, -0.25) is 4.79 Å². The van der Waals surface area contributed by atoms with Gasteiger partial charge in [-0.25, -0.2) is 9.59 Å². The van der Waals surface area contributed by atoms with Crippen LogP contribution in [-0.2, 0) is 14.3 Å². The zero-order chi connectivity index (χ0) is 17.6. The highest BCUT2D eigenvalue weighted by Gasteiger charge is 2.37. The van der Waals surface area contributed by atoms with Gasteiger partial charge in [0.25, 0.3) is 0 Å². The Morgan fingerprint density at radius 1 is 1.57 bits per heavy atom. The van der Waals surface area contributed by atoms with E-state index in [2.05, 4.69) is 15.3 Å². The number of hydrogen-bond acceptors (Lipinski definition) is 5. The van der Waals surface area contributed by atoms with Crippen molar-refractivity contribution in [3.63, 3.8) is 0 Å². The molecule has 0 spiro atoms. The van der Waals surface area contributed by atoms with Gasteiger partial charge in [0.15, 0.2) is 0 Å². The average Bonchev–Trinajstić information content (AvgIpc) is 2.75. The van der Waals surface area contributed by atoms with Gasteiger partial charge in [-0.15, -0.1) is 0 Å². The number of carbonyl (C=O) groups is 3. The number of nitrogens with one attached hydrogen (secondary N) is 1. The number of azide groups is 1. The van der Waals surface area contributed by atoms with Crippen molar-refractivity contribution >= 4 is 18.0 Å². The summed E-state index contributed by atoms with van der Waals surface area (Å²) in [5.41, 5.74) is 7.60. The van der Waals surface area contributed by atoms with Crippen LogP contribution in [0.15, 0.2) is 5.11 Å². The minimum Gasteiger partial charge on any atom is -0.480 e. The minimum absolute atomic E-state index is 0.120. The molecule has 0 aliphatic carbocycles. The quantitative estimate of drug-likeness (QED) is 0.426. The summed E-state index contributed by atoms with van der Waals surface area (Å²) in [4.78, 5) is 38.7. The third-order valence-corrected chi connectivity index (χ3v) is 3.14. The van der Waals surface area contributed by atoms with Crippen molar-refractivity contribution in [2.45, 2.75) is 38.8 Å². The van der Waals surface area contributed by atoms with E-state index in [9.17, 15) is 19.5 Å². The van der Waals surface area contributed by atoms with Crippen molar-refractivity contribution in [2.24, 2.45) is 11.0 Å². The summed E-state index contributed by atoms with van der Waals surface area (Å²) in [5, 5.41) is 15.1. The third kappa shape index (κ3) is 6.03. The number of aliphatic carboxylic acids is 1. The molecule has 1 fully saturated rings. The molecule has 23 heavy (non-hydrogen) atoms. The maximum Gasteiger partial charge on any atom is 0.407 e. The number of amides is 2. The standard InChI is InChI=1S/C13H21N5O5/c1-13(2,3)23-12(22)15-6-9(11(20)21)18-7-8(4-10(18)19)5-16-17-14/h8-9H,4-7H2,1-3H3,(H,15,22)(H,20,21)/t8?,9-/m1/s1. The summed E-state index contributed by atoms with van der Waals surface area (Å²) in [6.07, 6.45) is -0.629. The van der Waals surface area contributed by atoms with Gasteiger partial charge in [0.05, 0.1) is 6.54 Å². The molecule has 1 unspecified atom stereocenters. The number of rotatable bonds is 6. The molecule has 1 aliphatic heterocycles. The summed E-state index contributed by atoms with van der Waals surface area (Å²) < 4.78 is 5.03. The Kier molecular flexibility index (Phi) is 6.20. The molecule has 2 N–H and O–H groups in total. The van der Waals surface area contributed by atoms with Crippen molar-refractivity contribution in [3.05, 3.63) is 10.4 Å². The molecule has 0 aromatic carbocycles. The lowest BCUT2D eigenvalue weighted by Crippen LogP contribution is -2.50. The molecule has 10 nitrogen and oxygen atoms in total. The lowest BCUT2D eigenvalue weighted by Gasteiger charge is -2.26. The highest BCUT2D eigenvalue weighted by Crippen LogP contribution is 2.20. The predicted octanol–water partition coefficient (Wildman–Crippen LogP) is 1.12. The first-order chi connectivity index (χ1) is 10.6. The summed E-state index contributed by atoms with van der Waals surface area (Å²) in [7, 11) is 0. The van der Waals surface area contributed by atoms with Crippen LogP contribution in [0.4, 0.5) is 4.79 Å². The first-order valence-corrected chi connectivity index (χ1v) is 7.14. The van der Waals surface area contributed by atoms with Crippen molar-refractivity contribution < 1.29 is 24.2 Å². The molecule has 1 aliphatic rings. The van der Waals surface area contributed by atoms with Crippen LogP contribution in [0.25, 0.3) is 10.4 Å². The summed E-state index contributed by atoms with van der Waals surface area (Å²) >= 11 is 0. The normalized spacial score (nSPS) is 19.0. The Hall–Kier alpha value is -2.48. The van der Waals surface area contributed by atoms with Crippen molar-refractivity contribution in [1.82, 2.24) is 10.2 Å². The van der Waals surface area contributed by atoms with Crippen LogP contribution in [0.3, 0.4) is 0 Å². The van der Waals surface area contributed by atoms with Gasteiger partial charge in [0.2, 0.25) is 5.91 Å². The zero-order valence-electron chi connectivity index (χ0n) is 13.4. The van der Waals surface area contributed by atoms with Crippen LogP contribution in [0.5, 0.6) is 0 Å². The predicted molar refractivity (Wildman–Crippen MR) is 79.5 cm³/mol. The van der Waals surface area contributed by atoms with Crippen molar-refractivity contribution in [1.29, 1.82) is 0 Å². The van der Waals surface area contributed by atoms with E-state index in [1.807, 2.05) is 0 Å². The van der Waals surface area contributed by atoms with E-state index >= 15 is 0 Å². The second-order valence-corrected chi connectivity index (χ2v) is 6.27. The molecule has 0 radical (unpaired) electrons. The molecule has 10 heteroatoms. The molecule has 128 valence electrons. The number of alkyl carbamates (subject to hydrolysis) is 1. The largest absolute Gasteiger partial charge is 0.480 e. The van der Waals surface area contributed by atoms with E-state index in [-0.39, 0.29) is 37.9 Å². The molecule has 1 rings (SSSR count). The fourth-order valence-electron chi connectivity index (χ4n) is 2.21. The molecular formula is C13H21N5O5. The Bertz CT molecular complexity index is 523. The Labute approximate surface area is 133 Å². The Morgan fingerprint density at radius 2 is 2.22 bits per heavy atom. The number of carboxylic acids is 1. The molecule has 2 amide bonds. The number of likely N-dealkylation sites (tertiary alicyclic amines) is 1. The first-order valence-electron chi connectivity index (χ1n) is 7.14. The van der Waals surface area contributed by atoms with Gasteiger partial charge in [0.1, 0.15) is 11.6 Å². The summed E-state index contributed by atoms with van der Waals surface area (Å²) in [6, 6.07) is -1.19. The van der Waals surface area contributed by atoms with Gasteiger partial charge in [0, 0.05) is 24.4 Å². The summed E-state index contributed by atoms with van der Waals surface area (Å²) in [5.74, 6) is -1.79. The molecule has 0 bridgehead atoms. The average molecular weight is 327 g/mol. The fourth-order valence-corrected chi connectivity index (χ4v) is 2.21. The topological polar surface area (TPSA) is 145 Å². The van der Waals surface area contributed by atoms with Crippen molar-refractivity contribution in [3.8, 4) is 0 Å². The van der Waals surface area contributed by atoms with E-state index in [1.165, 1.54) is 4.90 Å². The fraction of sp³-hybridized carbons (Fsp3) is 0.769. The van der Waals surface area contributed by atoms with Gasteiger partial charge in [-0.05, 0) is 32.2 Å². The monoisotopic (exact) mass is 327 g/mol. The summed E-state index contributed by atoms with van der Waals surface area (Å²) in [6.45, 7) is 5.10. The first kappa shape index (κ1) is 18.6. The molecule has 0 aromatic rings. The van der Waals surface area contributed by atoms with Crippen LogP contribution in [0, 0.1) is 5.92 Å². The number of carbonyl (C=O) groups excluding carboxylic acids is 2. The van der Waals surface area contributed by atoms with Gasteiger partial charge < -0.3 is 20.1 Å². The molecule has 1 heterocycles. The maximum atomic E-state index is 12.0. The molecule has 0 aromatic heterocycles. The Morgan fingerprint density at radius 3 is 2.74 bits per heavy atom. The molecule has 0 saturated carbocycles. The van der Waals surface area contributed by atoms with E-state index in [0.29, 0.717) is 0 Å². The minimum atomic E-state index is -1.22. The number of carboxylic acid groups (broad SMARTS) is 1. The van der Waals surface area contributed by atoms with Gasteiger partial charge in [-0.2, -0.15) is 0 Å². The zero-order valence-corrected chi connectivity index (χ0v) is 13.4. The second-order valence-electron chi connectivity index (χ2n) is 6.27. The van der Waals surface area contributed by atoms with Crippen LogP contribution in [0.2, 0.25) is 0 Å². The molecular weight excluding hydrogens is 306 g/mol. The van der Waals surface area contributed by atoms with E-state index < -0.39 is 23.7 Å². The maximum absolute atomic E-state index is 12.0. The Balaban J connectivity index is 2.65. The lowest BCUT2D eigenvalue weighted by atomic mass is 10.1.